The van der Waals surface area contributed by atoms with E-state index in [9.17, 15) is 14.7 Å². The number of aryl methyl sites for hydroxylation is 1. The van der Waals surface area contributed by atoms with E-state index in [0.717, 1.165) is 5.56 Å². The van der Waals surface area contributed by atoms with Crippen molar-refractivity contribution in [1.82, 2.24) is 4.90 Å². The summed E-state index contributed by atoms with van der Waals surface area (Å²) in [5.74, 6) is -1.29. The van der Waals surface area contributed by atoms with Crippen molar-refractivity contribution in [1.29, 1.82) is 0 Å². The van der Waals surface area contributed by atoms with Crippen LogP contribution in [0.3, 0.4) is 0 Å². The number of carboxylic acid groups (broad SMARTS) is 1. The highest BCUT2D eigenvalue weighted by atomic mass is 16.4. The summed E-state index contributed by atoms with van der Waals surface area (Å²) in [6, 6.07) is 10.0. The lowest BCUT2D eigenvalue weighted by molar-refractivity contribution is -0.141. The lowest BCUT2D eigenvalue weighted by Crippen LogP contribution is -2.42. The molecule has 1 N–H and O–H groups in total. The van der Waals surface area contributed by atoms with Gasteiger partial charge in [0, 0.05) is 12.1 Å². The third kappa shape index (κ3) is 3.31. The van der Waals surface area contributed by atoms with E-state index in [4.69, 9.17) is 4.42 Å². The molecular weight excluding hydrogens is 270 g/mol. The van der Waals surface area contributed by atoms with Crippen molar-refractivity contribution in [3.05, 3.63) is 59.5 Å². The summed E-state index contributed by atoms with van der Waals surface area (Å²) >= 11 is 0. The molecule has 0 aliphatic carbocycles. The van der Waals surface area contributed by atoms with Gasteiger partial charge in [0.2, 0.25) is 0 Å². The predicted molar refractivity (Wildman–Crippen MR) is 76.9 cm³/mol. The van der Waals surface area contributed by atoms with Gasteiger partial charge in [0.15, 0.2) is 5.76 Å². The Kier molecular flexibility index (Phi) is 4.42. The molecule has 0 spiro atoms. The normalized spacial score (nSPS) is 11.9. The fourth-order valence-electron chi connectivity index (χ4n) is 2.02. The Bertz CT molecular complexity index is 633. The van der Waals surface area contributed by atoms with E-state index in [1.165, 1.54) is 18.1 Å². The van der Waals surface area contributed by atoms with E-state index in [2.05, 4.69) is 0 Å². The molecule has 0 aliphatic rings. The van der Waals surface area contributed by atoms with Gasteiger partial charge in [-0.1, -0.05) is 30.3 Å². The Balaban J connectivity index is 2.30. The highest BCUT2D eigenvalue weighted by Crippen LogP contribution is 2.17. The number of carboxylic acids is 1. The number of hydrogen-bond donors (Lipinski definition) is 1. The minimum Gasteiger partial charge on any atom is -0.480 e. The van der Waals surface area contributed by atoms with Crippen molar-refractivity contribution in [2.24, 2.45) is 0 Å². The third-order valence-corrected chi connectivity index (χ3v) is 3.34. The van der Waals surface area contributed by atoms with Crippen LogP contribution in [0.4, 0.5) is 0 Å². The summed E-state index contributed by atoms with van der Waals surface area (Å²) in [7, 11) is 0. The van der Waals surface area contributed by atoms with Crippen molar-refractivity contribution in [2.45, 2.75) is 26.4 Å². The molecule has 0 saturated heterocycles. The van der Waals surface area contributed by atoms with Crippen molar-refractivity contribution in [2.75, 3.05) is 0 Å². The van der Waals surface area contributed by atoms with E-state index >= 15 is 0 Å². The number of carbonyl (C=O) groups is 2. The fraction of sp³-hybridized carbons (Fsp3) is 0.250. The summed E-state index contributed by atoms with van der Waals surface area (Å²) in [5, 5.41) is 9.22. The summed E-state index contributed by atoms with van der Waals surface area (Å²) < 4.78 is 5.19. The number of nitrogens with zero attached hydrogens (tertiary/aromatic N) is 1. The molecule has 2 aromatic rings. The number of hydrogen-bond acceptors (Lipinski definition) is 3. The lowest BCUT2D eigenvalue weighted by atomic mass is 10.1. The standard InChI is InChI=1S/C16H17NO4/c1-11-8-9-21-14(11)15(18)17(12(2)16(19)20)10-13-6-4-3-5-7-13/h3-9,12H,10H2,1-2H3,(H,19,20). The van der Waals surface area contributed by atoms with Crippen molar-refractivity contribution in [3.8, 4) is 0 Å². The molecule has 2 rings (SSSR count). The molecule has 0 aliphatic heterocycles. The van der Waals surface area contributed by atoms with Crippen LogP contribution in [0.15, 0.2) is 47.1 Å². The molecule has 21 heavy (non-hydrogen) atoms. The Morgan fingerprint density at radius 2 is 1.90 bits per heavy atom. The zero-order valence-electron chi connectivity index (χ0n) is 11.9. The summed E-state index contributed by atoms with van der Waals surface area (Å²) in [6.07, 6.45) is 1.43. The molecule has 5 heteroatoms. The van der Waals surface area contributed by atoms with Crippen LogP contribution in [-0.4, -0.2) is 27.9 Å². The van der Waals surface area contributed by atoms with Gasteiger partial charge in [0.1, 0.15) is 6.04 Å². The first-order valence-corrected chi connectivity index (χ1v) is 6.62. The largest absolute Gasteiger partial charge is 0.480 e. The molecule has 0 radical (unpaired) electrons. The van der Waals surface area contributed by atoms with E-state index in [-0.39, 0.29) is 12.3 Å². The van der Waals surface area contributed by atoms with E-state index < -0.39 is 17.9 Å². The Morgan fingerprint density at radius 3 is 2.43 bits per heavy atom. The van der Waals surface area contributed by atoms with Crippen LogP contribution >= 0.6 is 0 Å². The van der Waals surface area contributed by atoms with Gasteiger partial charge < -0.3 is 14.4 Å². The second kappa shape index (κ2) is 6.26. The first-order valence-electron chi connectivity index (χ1n) is 6.62. The zero-order valence-corrected chi connectivity index (χ0v) is 11.9. The summed E-state index contributed by atoms with van der Waals surface area (Å²) in [5.41, 5.74) is 1.55. The van der Waals surface area contributed by atoms with Crippen molar-refractivity contribution >= 4 is 11.9 Å². The minimum atomic E-state index is -1.05. The molecular formula is C16H17NO4. The maximum atomic E-state index is 12.5. The Hall–Kier alpha value is -2.56. The van der Waals surface area contributed by atoms with E-state index in [0.29, 0.717) is 5.56 Å². The van der Waals surface area contributed by atoms with Gasteiger partial charge in [0.25, 0.3) is 5.91 Å². The van der Waals surface area contributed by atoms with Gasteiger partial charge in [-0.2, -0.15) is 0 Å². The lowest BCUT2D eigenvalue weighted by Gasteiger charge is -2.26. The van der Waals surface area contributed by atoms with Crippen LogP contribution in [-0.2, 0) is 11.3 Å². The SMILES string of the molecule is Cc1ccoc1C(=O)N(Cc1ccccc1)C(C)C(=O)O. The highest BCUT2D eigenvalue weighted by Gasteiger charge is 2.29. The average Bonchev–Trinajstić information content (AvgIpc) is 2.90. The molecule has 1 aromatic heterocycles. The van der Waals surface area contributed by atoms with Gasteiger partial charge in [-0.05, 0) is 25.5 Å². The molecule has 0 bridgehead atoms. The van der Waals surface area contributed by atoms with Crippen LogP contribution < -0.4 is 0 Å². The molecule has 1 amide bonds. The first kappa shape index (κ1) is 14.8. The number of rotatable bonds is 5. The molecule has 1 atom stereocenters. The maximum absolute atomic E-state index is 12.5. The maximum Gasteiger partial charge on any atom is 0.326 e. The Morgan fingerprint density at radius 1 is 1.24 bits per heavy atom. The van der Waals surface area contributed by atoms with Crippen LogP contribution in [0.1, 0.15) is 28.6 Å². The number of furan rings is 1. The van der Waals surface area contributed by atoms with Crippen LogP contribution in [0, 0.1) is 6.92 Å². The van der Waals surface area contributed by atoms with Gasteiger partial charge in [-0.25, -0.2) is 4.79 Å². The number of benzene rings is 1. The second-order valence-electron chi connectivity index (χ2n) is 4.87. The molecule has 110 valence electrons. The predicted octanol–water partition coefficient (Wildman–Crippen LogP) is 2.70. The number of amides is 1. The summed E-state index contributed by atoms with van der Waals surface area (Å²) in [4.78, 5) is 25.1. The molecule has 1 aromatic carbocycles. The van der Waals surface area contributed by atoms with Crippen molar-refractivity contribution < 1.29 is 19.1 Å². The average molecular weight is 287 g/mol. The van der Waals surface area contributed by atoms with Crippen molar-refractivity contribution in [3.63, 3.8) is 0 Å². The van der Waals surface area contributed by atoms with E-state index in [1.54, 1.807) is 13.0 Å². The monoisotopic (exact) mass is 287 g/mol. The Labute approximate surface area is 122 Å². The van der Waals surface area contributed by atoms with Crippen LogP contribution in [0.2, 0.25) is 0 Å². The minimum absolute atomic E-state index is 0.180. The quantitative estimate of drug-likeness (QED) is 0.917. The topological polar surface area (TPSA) is 70.8 Å². The zero-order chi connectivity index (χ0) is 15.4. The first-order chi connectivity index (χ1) is 10.0. The number of aliphatic carboxylic acids is 1. The van der Waals surface area contributed by atoms with Crippen LogP contribution in [0.25, 0.3) is 0 Å². The van der Waals surface area contributed by atoms with Gasteiger partial charge >= 0.3 is 5.97 Å². The highest BCUT2D eigenvalue weighted by molar-refractivity contribution is 5.95. The molecule has 1 heterocycles. The smallest absolute Gasteiger partial charge is 0.326 e. The molecule has 1 unspecified atom stereocenters. The van der Waals surface area contributed by atoms with Gasteiger partial charge in [-0.15, -0.1) is 0 Å². The number of carbonyl (C=O) groups excluding carboxylic acids is 1. The molecule has 0 fully saturated rings. The van der Waals surface area contributed by atoms with E-state index in [1.807, 2.05) is 30.3 Å². The molecule has 5 nitrogen and oxygen atoms in total. The van der Waals surface area contributed by atoms with Gasteiger partial charge in [-0.3, -0.25) is 4.79 Å². The molecule has 0 saturated carbocycles. The van der Waals surface area contributed by atoms with Crippen LogP contribution in [0.5, 0.6) is 0 Å². The fourth-order valence-corrected chi connectivity index (χ4v) is 2.02. The second-order valence-corrected chi connectivity index (χ2v) is 4.87. The third-order valence-electron chi connectivity index (χ3n) is 3.34. The summed E-state index contributed by atoms with van der Waals surface area (Å²) in [6.45, 7) is 3.46. The van der Waals surface area contributed by atoms with Gasteiger partial charge in [0.05, 0.1) is 6.26 Å².